The second kappa shape index (κ2) is 6.03. The zero-order valence-electron chi connectivity index (χ0n) is 12.2. The summed E-state index contributed by atoms with van der Waals surface area (Å²) in [5.74, 6) is 2.49. The van der Waals surface area contributed by atoms with Crippen LogP contribution in [0.1, 0.15) is 29.6 Å². The first-order chi connectivity index (χ1) is 10.2. The molecule has 0 radical (unpaired) electrons. The van der Waals surface area contributed by atoms with Gasteiger partial charge in [-0.25, -0.2) is 0 Å². The quantitative estimate of drug-likeness (QED) is 0.869. The largest absolute Gasteiger partial charge is 0.495 e. The summed E-state index contributed by atoms with van der Waals surface area (Å²) in [6.07, 6.45) is 1.05. The number of hydrogen-bond donors (Lipinski definition) is 0. The summed E-state index contributed by atoms with van der Waals surface area (Å²) in [6.45, 7) is 4.67. The number of benzene rings is 1. The Morgan fingerprint density at radius 3 is 3.00 bits per heavy atom. The van der Waals surface area contributed by atoms with Gasteiger partial charge in [-0.3, -0.25) is 4.90 Å². The molecule has 0 N–H and O–H groups in total. The number of halogens is 1. The Morgan fingerprint density at radius 2 is 2.33 bits per heavy atom. The van der Waals surface area contributed by atoms with Crippen molar-refractivity contribution < 1.29 is 9.26 Å². The Kier molecular flexibility index (Phi) is 4.12. The highest BCUT2D eigenvalue weighted by atomic mass is 35.5. The van der Waals surface area contributed by atoms with Crippen molar-refractivity contribution in [1.82, 2.24) is 15.0 Å². The molecule has 0 spiro atoms. The topological polar surface area (TPSA) is 51.4 Å². The van der Waals surface area contributed by atoms with Gasteiger partial charge in [-0.15, -0.1) is 0 Å². The van der Waals surface area contributed by atoms with Crippen molar-refractivity contribution in [2.75, 3.05) is 20.2 Å². The first-order valence-corrected chi connectivity index (χ1v) is 7.38. The average Bonchev–Trinajstić information content (AvgIpc) is 3.08. The first-order valence-electron chi connectivity index (χ1n) is 7.00. The van der Waals surface area contributed by atoms with Crippen molar-refractivity contribution in [1.29, 1.82) is 0 Å². The molecule has 3 rings (SSSR count). The Hall–Kier alpha value is -1.59. The Balaban J connectivity index is 1.63. The standard InChI is InChI=1S/C15H18ClN3O2/c1-10-17-15(21-18-10)12-5-6-19(9-12)8-11-3-4-14(20-2)13(16)7-11/h3-4,7,12H,5-6,8-9H2,1-2H3/t12-/m0/s1. The highest BCUT2D eigenvalue weighted by molar-refractivity contribution is 6.32. The third-order valence-corrected chi connectivity index (χ3v) is 4.08. The third-order valence-electron chi connectivity index (χ3n) is 3.79. The van der Waals surface area contributed by atoms with Crippen molar-refractivity contribution in [2.24, 2.45) is 0 Å². The minimum atomic E-state index is 0.333. The molecule has 2 aromatic rings. The van der Waals surface area contributed by atoms with Crippen LogP contribution in [-0.4, -0.2) is 35.2 Å². The number of nitrogens with zero attached hydrogens (tertiary/aromatic N) is 3. The van der Waals surface area contributed by atoms with Crippen LogP contribution < -0.4 is 4.74 Å². The van der Waals surface area contributed by atoms with Gasteiger partial charge in [-0.1, -0.05) is 22.8 Å². The van der Waals surface area contributed by atoms with E-state index in [-0.39, 0.29) is 0 Å². The van der Waals surface area contributed by atoms with Crippen LogP contribution in [0.3, 0.4) is 0 Å². The van der Waals surface area contributed by atoms with Crippen LogP contribution in [0.2, 0.25) is 5.02 Å². The molecule has 6 heteroatoms. The van der Waals surface area contributed by atoms with Gasteiger partial charge in [0.1, 0.15) is 5.75 Å². The van der Waals surface area contributed by atoms with Crippen LogP contribution in [0.15, 0.2) is 22.7 Å². The van der Waals surface area contributed by atoms with Gasteiger partial charge in [-0.05, 0) is 37.6 Å². The minimum Gasteiger partial charge on any atom is -0.495 e. The summed E-state index contributed by atoms with van der Waals surface area (Å²) in [6, 6.07) is 5.92. The molecule has 0 saturated carbocycles. The molecule has 2 heterocycles. The maximum absolute atomic E-state index is 6.17. The maximum Gasteiger partial charge on any atom is 0.231 e. The molecule has 1 aromatic carbocycles. The highest BCUT2D eigenvalue weighted by Crippen LogP contribution is 2.29. The second-order valence-electron chi connectivity index (χ2n) is 5.37. The van der Waals surface area contributed by atoms with Crippen molar-refractivity contribution >= 4 is 11.6 Å². The summed E-state index contributed by atoms with van der Waals surface area (Å²) >= 11 is 6.17. The number of aromatic nitrogens is 2. The summed E-state index contributed by atoms with van der Waals surface area (Å²) in [5.41, 5.74) is 1.18. The van der Waals surface area contributed by atoms with Gasteiger partial charge in [0.05, 0.1) is 18.1 Å². The Labute approximate surface area is 128 Å². The number of rotatable bonds is 4. The lowest BCUT2D eigenvalue weighted by atomic mass is 10.1. The van der Waals surface area contributed by atoms with Crippen LogP contribution in [0.25, 0.3) is 0 Å². The zero-order valence-corrected chi connectivity index (χ0v) is 12.9. The number of aryl methyl sites for hydroxylation is 1. The average molecular weight is 308 g/mol. The fourth-order valence-corrected chi connectivity index (χ4v) is 3.00. The van der Waals surface area contributed by atoms with E-state index in [2.05, 4.69) is 21.1 Å². The van der Waals surface area contributed by atoms with Crippen LogP contribution in [-0.2, 0) is 6.54 Å². The molecule has 1 atom stereocenters. The molecule has 1 fully saturated rings. The van der Waals surface area contributed by atoms with E-state index in [0.29, 0.717) is 22.5 Å². The summed E-state index contributed by atoms with van der Waals surface area (Å²) in [7, 11) is 1.62. The van der Waals surface area contributed by atoms with E-state index in [9.17, 15) is 0 Å². The molecule has 0 unspecified atom stereocenters. The van der Waals surface area contributed by atoms with Crippen molar-refractivity contribution in [3.05, 3.63) is 40.5 Å². The van der Waals surface area contributed by atoms with Crippen LogP contribution >= 0.6 is 11.6 Å². The molecular weight excluding hydrogens is 290 g/mol. The lowest BCUT2D eigenvalue weighted by molar-refractivity contribution is 0.308. The predicted octanol–water partition coefficient (Wildman–Crippen LogP) is 3.03. The van der Waals surface area contributed by atoms with Crippen molar-refractivity contribution in [3.8, 4) is 5.75 Å². The van der Waals surface area contributed by atoms with E-state index in [1.165, 1.54) is 5.56 Å². The van der Waals surface area contributed by atoms with E-state index >= 15 is 0 Å². The minimum absolute atomic E-state index is 0.333. The molecule has 112 valence electrons. The van der Waals surface area contributed by atoms with Gasteiger partial charge in [-0.2, -0.15) is 4.98 Å². The molecule has 5 nitrogen and oxygen atoms in total. The second-order valence-corrected chi connectivity index (χ2v) is 5.78. The fraction of sp³-hybridized carbons (Fsp3) is 0.467. The predicted molar refractivity (Wildman–Crippen MR) is 79.7 cm³/mol. The molecule has 21 heavy (non-hydrogen) atoms. The lowest BCUT2D eigenvalue weighted by Crippen LogP contribution is -2.19. The number of likely N-dealkylation sites (tertiary alicyclic amines) is 1. The molecular formula is C15H18ClN3O2. The van der Waals surface area contributed by atoms with Gasteiger partial charge >= 0.3 is 0 Å². The van der Waals surface area contributed by atoms with E-state index in [1.54, 1.807) is 7.11 Å². The van der Waals surface area contributed by atoms with Gasteiger partial charge in [0.15, 0.2) is 5.82 Å². The van der Waals surface area contributed by atoms with Crippen LogP contribution in [0.4, 0.5) is 0 Å². The Morgan fingerprint density at radius 1 is 1.48 bits per heavy atom. The summed E-state index contributed by atoms with van der Waals surface area (Å²) in [4.78, 5) is 6.71. The molecule has 1 saturated heterocycles. The molecule has 0 aliphatic carbocycles. The van der Waals surface area contributed by atoms with E-state index < -0.39 is 0 Å². The fourth-order valence-electron chi connectivity index (χ4n) is 2.72. The highest BCUT2D eigenvalue weighted by Gasteiger charge is 2.28. The molecule has 1 aliphatic heterocycles. The lowest BCUT2D eigenvalue weighted by Gasteiger charge is -2.16. The summed E-state index contributed by atoms with van der Waals surface area (Å²) in [5, 5.41) is 4.52. The van der Waals surface area contributed by atoms with Gasteiger partial charge in [0.2, 0.25) is 5.89 Å². The summed E-state index contributed by atoms with van der Waals surface area (Å²) < 4.78 is 10.4. The van der Waals surface area contributed by atoms with Crippen LogP contribution in [0, 0.1) is 6.92 Å². The van der Waals surface area contributed by atoms with Gasteiger partial charge in [0, 0.05) is 13.1 Å². The number of methoxy groups -OCH3 is 1. The van der Waals surface area contributed by atoms with Crippen molar-refractivity contribution in [2.45, 2.75) is 25.8 Å². The molecule has 0 amide bonds. The number of hydrogen-bond acceptors (Lipinski definition) is 5. The van der Waals surface area contributed by atoms with E-state index in [1.807, 2.05) is 19.1 Å². The smallest absolute Gasteiger partial charge is 0.231 e. The first kappa shape index (κ1) is 14.4. The SMILES string of the molecule is COc1ccc(CN2CC[C@H](c3nc(C)no3)C2)cc1Cl. The van der Waals surface area contributed by atoms with Gasteiger partial charge < -0.3 is 9.26 Å². The van der Waals surface area contributed by atoms with E-state index in [4.69, 9.17) is 20.9 Å². The number of ether oxygens (including phenoxy) is 1. The van der Waals surface area contributed by atoms with Crippen LogP contribution in [0.5, 0.6) is 5.75 Å². The zero-order chi connectivity index (χ0) is 14.8. The third kappa shape index (κ3) is 3.19. The molecule has 1 aromatic heterocycles. The maximum atomic E-state index is 6.17. The molecule has 0 bridgehead atoms. The normalized spacial score (nSPS) is 19.1. The Bertz CT molecular complexity index is 629. The van der Waals surface area contributed by atoms with Gasteiger partial charge in [0.25, 0.3) is 0 Å². The monoisotopic (exact) mass is 307 g/mol. The molecule has 1 aliphatic rings. The van der Waals surface area contributed by atoms with E-state index in [0.717, 1.165) is 31.9 Å². The van der Waals surface area contributed by atoms with Crippen molar-refractivity contribution in [3.63, 3.8) is 0 Å².